The van der Waals surface area contributed by atoms with E-state index in [-0.39, 0.29) is 24.9 Å². The summed E-state index contributed by atoms with van der Waals surface area (Å²) >= 11 is 1.26. The van der Waals surface area contributed by atoms with Crippen molar-refractivity contribution in [3.63, 3.8) is 0 Å². The second kappa shape index (κ2) is 10.3. The van der Waals surface area contributed by atoms with Crippen molar-refractivity contribution in [3.05, 3.63) is 37.7 Å². The largest absolute Gasteiger partial charge is 0.457 e. The third-order valence-electron chi connectivity index (χ3n) is 5.56. The Bertz CT molecular complexity index is 1320. The van der Waals surface area contributed by atoms with Gasteiger partial charge in [0.05, 0.1) is 12.1 Å². The van der Waals surface area contributed by atoms with Crippen molar-refractivity contribution in [2.24, 2.45) is 5.92 Å². The highest BCUT2D eigenvalue weighted by Gasteiger charge is 2.30. The molecule has 1 aliphatic carbocycles. The van der Waals surface area contributed by atoms with Gasteiger partial charge in [-0.05, 0) is 25.7 Å². The summed E-state index contributed by atoms with van der Waals surface area (Å²) < 4.78 is 8.60. The van der Waals surface area contributed by atoms with E-state index in [0.29, 0.717) is 40.9 Å². The Morgan fingerprint density at radius 3 is 2.68 bits per heavy atom. The molecule has 182 valence electrons. The molecule has 0 saturated heterocycles. The quantitative estimate of drug-likeness (QED) is 0.394. The lowest BCUT2D eigenvalue weighted by molar-refractivity contribution is -0.144. The number of nitrogens with zero attached hydrogens (tertiary/aromatic N) is 4. The van der Waals surface area contributed by atoms with Crippen molar-refractivity contribution < 1.29 is 14.3 Å². The minimum Gasteiger partial charge on any atom is -0.457 e. The molecule has 3 aromatic heterocycles. The number of hydrogen-bond donors (Lipinski definition) is 2. The lowest BCUT2D eigenvalue weighted by Crippen LogP contribution is -2.31. The minimum atomic E-state index is -0.505. The molecule has 1 amide bonds. The Labute approximate surface area is 199 Å². The van der Waals surface area contributed by atoms with E-state index in [4.69, 9.17) is 4.74 Å². The van der Waals surface area contributed by atoms with Crippen molar-refractivity contribution in [3.8, 4) is 0 Å². The van der Waals surface area contributed by atoms with E-state index in [0.717, 1.165) is 32.1 Å². The summed E-state index contributed by atoms with van der Waals surface area (Å²) in [5.74, 6) is -0.0593. The number of aryl methyl sites for hydroxylation is 2. The molecule has 34 heavy (non-hydrogen) atoms. The van der Waals surface area contributed by atoms with Gasteiger partial charge in [0, 0.05) is 24.4 Å². The summed E-state index contributed by atoms with van der Waals surface area (Å²) in [5.41, 5.74) is 0.114. The zero-order chi connectivity index (χ0) is 24.2. The van der Waals surface area contributed by atoms with Gasteiger partial charge < -0.3 is 14.6 Å². The van der Waals surface area contributed by atoms with Crippen LogP contribution in [0.3, 0.4) is 0 Å². The average molecular weight is 489 g/mol. The zero-order valence-corrected chi connectivity index (χ0v) is 20.1. The van der Waals surface area contributed by atoms with Crippen LogP contribution in [-0.2, 0) is 40.4 Å². The summed E-state index contributed by atoms with van der Waals surface area (Å²) in [7, 11) is 0. The maximum atomic E-state index is 12.6. The van der Waals surface area contributed by atoms with Crippen LogP contribution in [0, 0.1) is 5.92 Å². The van der Waals surface area contributed by atoms with Crippen LogP contribution in [0.4, 0.5) is 5.13 Å². The number of aromatic amines is 1. The first-order chi connectivity index (χ1) is 16.4. The highest BCUT2D eigenvalue weighted by molar-refractivity contribution is 7.13. The monoisotopic (exact) mass is 488 g/mol. The number of unbranched alkanes of at least 4 members (excludes halogenated alkanes) is 1. The molecule has 1 fully saturated rings. The maximum absolute atomic E-state index is 12.6. The predicted octanol–water partition coefficient (Wildman–Crippen LogP) is 2.19. The van der Waals surface area contributed by atoms with Crippen LogP contribution in [0.15, 0.2) is 15.0 Å². The Hall–Kier alpha value is -3.28. The number of H-pyrrole nitrogens is 1. The van der Waals surface area contributed by atoms with Crippen molar-refractivity contribution in [2.75, 3.05) is 5.32 Å². The van der Waals surface area contributed by atoms with E-state index in [9.17, 15) is 19.2 Å². The van der Waals surface area contributed by atoms with E-state index in [1.165, 1.54) is 15.9 Å². The van der Waals surface area contributed by atoms with Crippen LogP contribution in [0.5, 0.6) is 0 Å². The fourth-order valence-electron chi connectivity index (χ4n) is 3.66. The first-order valence-electron chi connectivity index (χ1n) is 11.5. The predicted molar refractivity (Wildman–Crippen MR) is 127 cm³/mol. The fraction of sp³-hybridized carbons (Fsp3) is 0.545. The van der Waals surface area contributed by atoms with E-state index in [1.54, 1.807) is 9.95 Å². The number of aromatic nitrogens is 5. The van der Waals surface area contributed by atoms with Gasteiger partial charge in [-0.1, -0.05) is 20.3 Å². The van der Waals surface area contributed by atoms with Crippen LogP contribution in [0.25, 0.3) is 11.2 Å². The number of nitrogens with one attached hydrogen (secondary N) is 2. The molecular formula is C22H28N6O5S. The molecular weight excluding hydrogens is 460 g/mol. The molecule has 0 aromatic carbocycles. The Morgan fingerprint density at radius 2 is 1.97 bits per heavy atom. The molecule has 1 aliphatic rings. The molecule has 0 unspecified atom stereocenters. The van der Waals surface area contributed by atoms with Crippen molar-refractivity contribution in [2.45, 2.75) is 72.1 Å². The molecule has 0 aliphatic heterocycles. The Kier molecular flexibility index (Phi) is 7.25. The molecule has 0 radical (unpaired) electrons. The highest BCUT2D eigenvalue weighted by atomic mass is 32.1. The molecule has 0 bridgehead atoms. The summed E-state index contributed by atoms with van der Waals surface area (Å²) in [6.07, 6.45) is 4.14. The number of rotatable bonds is 11. The molecule has 1 saturated carbocycles. The number of ether oxygens (including phenoxy) is 1. The second-order valence-corrected chi connectivity index (χ2v) is 9.22. The highest BCUT2D eigenvalue weighted by Crippen LogP contribution is 2.30. The van der Waals surface area contributed by atoms with E-state index in [2.05, 4.69) is 20.3 Å². The number of amides is 1. The van der Waals surface area contributed by atoms with E-state index < -0.39 is 17.2 Å². The zero-order valence-electron chi connectivity index (χ0n) is 19.3. The molecule has 3 heterocycles. The fourth-order valence-corrected chi connectivity index (χ4v) is 4.37. The van der Waals surface area contributed by atoms with Crippen molar-refractivity contribution in [1.29, 1.82) is 0 Å². The maximum Gasteiger partial charge on any atom is 0.330 e. The molecule has 4 rings (SSSR count). The summed E-state index contributed by atoms with van der Waals surface area (Å²) in [5, 5.41) is 4.94. The number of imidazole rings is 1. The van der Waals surface area contributed by atoms with Gasteiger partial charge in [-0.15, -0.1) is 11.3 Å². The van der Waals surface area contributed by atoms with Crippen LogP contribution in [0.1, 0.15) is 57.5 Å². The smallest absolute Gasteiger partial charge is 0.330 e. The van der Waals surface area contributed by atoms with Crippen LogP contribution in [-0.4, -0.2) is 36.0 Å². The van der Waals surface area contributed by atoms with Gasteiger partial charge >= 0.3 is 11.7 Å². The number of carbonyl (C=O) groups is 2. The van der Waals surface area contributed by atoms with Gasteiger partial charge in [0.1, 0.15) is 12.4 Å². The van der Waals surface area contributed by atoms with Gasteiger partial charge in [-0.3, -0.25) is 23.9 Å². The summed E-state index contributed by atoms with van der Waals surface area (Å²) in [4.78, 5) is 60.4. The Balaban J connectivity index is 1.48. The molecule has 2 N–H and O–H groups in total. The number of hydrogen-bond acceptors (Lipinski definition) is 8. The van der Waals surface area contributed by atoms with Gasteiger partial charge in [-0.2, -0.15) is 0 Å². The van der Waals surface area contributed by atoms with E-state index in [1.807, 2.05) is 13.8 Å². The molecule has 0 atom stereocenters. The van der Waals surface area contributed by atoms with Crippen LogP contribution < -0.4 is 16.6 Å². The average Bonchev–Trinajstić information content (AvgIpc) is 3.47. The lowest BCUT2D eigenvalue weighted by Gasteiger charge is -2.08. The first kappa shape index (κ1) is 23.9. The second-order valence-electron chi connectivity index (χ2n) is 8.36. The number of carbonyl (C=O) groups excluding carboxylic acids is 2. The summed E-state index contributed by atoms with van der Waals surface area (Å²) in [6, 6.07) is 0. The third kappa shape index (κ3) is 5.27. The minimum absolute atomic E-state index is 0.0364. The molecule has 3 aromatic rings. The first-order valence-corrected chi connectivity index (χ1v) is 12.4. The number of thiazole rings is 1. The van der Waals surface area contributed by atoms with Gasteiger partial charge in [0.25, 0.3) is 5.56 Å². The molecule has 11 nitrogen and oxygen atoms in total. The SMILES string of the molecule is CCCCn1c(=O)[nH]c(=O)c2c1nc(COC(=O)Cc1csc(NC(=O)C3CC3)n1)n2CCC. The number of esters is 1. The van der Waals surface area contributed by atoms with Gasteiger partial charge in [-0.25, -0.2) is 14.8 Å². The van der Waals surface area contributed by atoms with E-state index >= 15 is 0 Å². The topological polar surface area (TPSA) is 141 Å². The standard InChI is InChI=1S/C22H28N6O5S/c1-3-5-9-28-18-17(20(31)26-22(28)32)27(8-4-2)15(24-18)11-33-16(29)10-14-12-34-21(23-14)25-19(30)13-6-7-13/h12-13H,3-11H2,1-2H3,(H,23,25,30)(H,26,31,32). The van der Waals surface area contributed by atoms with Crippen molar-refractivity contribution in [1.82, 2.24) is 24.1 Å². The van der Waals surface area contributed by atoms with Gasteiger partial charge in [0.15, 0.2) is 16.3 Å². The Morgan fingerprint density at radius 1 is 1.18 bits per heavy atom. The third-order valence-corrected chi connectivity index (χ3v) is 6.37. The molecule has 12 heteroatoms. The number of fused-ring (bicyclic) bond motifs is 1. The van der Waals surface area contributed by atoms with Crippen LogP contribution >= 0.6 is 11.3 Å². The lowest BCUT2D eigenvalue weighted by atomic mass is 10.3. The normalized spacial score (nSPS) is 13.4. The van der Waals surface area contributed by atoms with Gasteiger partial charge in [0.2, 0.25) is 5.91 Å². The summed E-state index contributed by atoms with van der Waals surface area (Å²) in [6.45, 7) is 4.78. The van der Waals surface area contributed by atoms with Crippen molar-refractivity contribution >= 4 is 39.5 Å². The van der Waals surface area contributed by atoms with Crippen LogP contribution in [0.2, 0.25) is 0 Å². The molecule has 0 spiro atoms. The number of anilines is 1.